The van der Waals surface area contributed by atoms with Crippen LogP contribution < -0.4 is 15.4 Å². The third kappa shape index (κ3) is 8.17. The van der Waals surface area contributed by atoms with Crippen LogP contribution in [0.5, 0.6) is 5.75 Å². The van der Waals surface area contributed by atoms with Gasteiger partial charge in [0.2, 0.25) is 0 Å². The first-order valence-corrected chi connectivity index (χ1v) is 9.28. The number of hydrogen-bond donors (Lipinski definition) is 2. The number of thioether (sulfide) groups is 1. The maximum Gasteiger partial charge on any atom is 0.191 e. The van der Waals surface area contributed by atoms with E-state index >= 15 is 0 Å². The van der Waals surface area contributed by atoms with Gasteiger partial charge in [-0.3, -0.25) is 0 Å². The van der Waals surface area contributed by atoms with Crippen molar-refractivity contribution in [3.05, 3.63) is 29.8 Å². The highest BCUT2D eigenvalue weighted by atomic mass is 32.2. The molecule has 1 aromatic rings. The second-order valence-corrected chi connectivity index (χ2v) is 6.45. The number of nitrogens with zero attached hydrogens (tertiary/aromatic N) is 1. The molecule has 0 aliphatic carbocycles. The van der Waals surface area contributed by atoms with Gasteiger partial charge in [0.05, 0.1) is 13.2 Å². The quantitative estimate of drug-likeness (QED) is 0.416. The van der Waals surface area contributed by atoms with Crippen molar-refractivity contribution in [2.45, 2.75) is 27.3 Å². The minimum atomic E-state index is 0.541. The van der Waals surface area contributed by atoms with Gasteiger partial charge in [0.25, 0.3) is 0 Å². The van der Waals surface area contributed by atoms with E-state index < -0.39 is 0 Å². The number of aliphatic imine (C=N–C) groups is 1. The molecule has 22 heavy (non-hydrogen) atoms. The molecule has 0 bridgehead atoms. The fourth-order valence-electron chi connectivity index (χ4n) is 1.74. The molecule has 0 radical (unpaired) electrons. The summed E-state index contributed by atoms with van der Waals surface area (Å²) >= 11 is 1.83. The first kappa shape index (κ1) is 18.7. The van der Waals surface area contributed by atoms with E-state index in [0.29, 0.717) is 12.5 Å². The number of benzene rings is 1. The summed E-state index contributed by atoms with van der Waals surface area (Å²) in [6, 6.07) is 8.18. The van der Waals surface area contributed by atoms with Gasteiger partial charge in [0, 0.05) is 18.8 Å². The summed E-state index contributed by atoms with van der Waals surface area (Å²) in [5.41, 5.74) is 1.18. The van der Waals surface area contributed by atoms with Crippen molar-refractivity contribution in [1.29, 1.82) is 0 Å². The SMILES string of the molecule is CCNC(=NCc1ccc(OCC(C)C)cc1)NCCSC. The summed E-state index contributed by atoms with van der Waals surface area (Å²) in [7, 11) is 0. The molecule has 0 aliphatic rings. The molecular weight excluding hydrogens is 294 g/mol. The first-order valence-electron chi connectivity index (χ1n) is 7.88. The molecule has 0 aliphatic heterocycles. The van der Waals surface area contributed by atoms with Gasteiger partial charge in [-0.05, 0) is 36.8 Å². The van der Waals surface area contributed by atoms with Crippen molar-refractivity contribution in [3.8, 4) is 5.75 Å². The first-order chi connectivity index (χ1) is 10.7. The minimum Gasteiger partial charge on any atom is -0.493 e. The van der Waals surface area contributed by atoms with E-state index in [9.17, 15) is 0 Å². The van der Waals surface area contributed by atoms with Crippen molar-refractivity contribution in [1.82, 2.24) is 10.6 Å². The van der Waals surface area contributed by atoms with Gasteiger partial charge < -0.3 is 15.4 Å². The molecule has 0 atom stereocenters. The summed E-state index contributed by atoms with van der Waals surface area (Å²) < 4.78 is 5.69. The molecule has 0 saturated carbocycles. The highest BCUT2D eigenvalue weighted by molar-refractivity contribution is 7.98. The van der Waals surface area contributed by atoms with Crippen molar-refractivity contribution < 1.29 is 4.74 Å². The van der Waals surface area contributed by atoms with Crippen molar-refractivity contribution in [2.75, 3.05) is 31.7 Å². The third-order valence-corrected chi connectivity index (χ3v) is 3.48. The van der Waals surface area contributed by atoms with Crippen molar-refractivity contribution in [2.24, 2.45) is 10.9 Å². The van der Waals surface area contributed by atoms with Gasteiger partial charge in [0.15, 0.2) is 5.96 Å². The van der Waals surface area contributed by atoms with E-state index in [1.54, 1.807) is 0 Å². The van der Waals surface area contributed by atoms with Crippen LogP contribution in [0.15, 0.2) is 29.3 Å². The molecular formula is C17H29N3OS. The number of rotatable bonds is 9. The van der Waals surface area contributed by atoms with Crippen LogP contribution in [0.25, 0.3) is 0 Å². The fourth-order valence-corrected chi connectivity index (χ4v) is 2.04. The lowest BCUT2D eigenvalue weighted by atomic mass is 10.2. The zero-order valence-corrected chi connectivity index (χ0v) is 15.0. The number of guanidine groups is 1. The minimum absolute atomic E-state index is 0.541. The van der Waals surface area contributed by atoms with Crippen LogP contribution in [0.4, 0.5) is 0 Å². The van der Waals surface area contributed by atoms with Gasteiger partial charge in [-0.1, -0.05) is 26.0 Å². The second kappa shape index (κ2) is 11.2. The Morgan fingerprint density at radius 2 is 1.95 bits per heavy atom. The highest BCUT2D eigenvalue weighted by Gasteiger charge is 1.99. The number of ether oxygens (including phenoxy) is 1. The van der Waals surface area contributed by atoms with Crippen LogP contribution in [0, 0.1) is 5.92 Å². The summed E-state index contributed by atoms with van der Waals surface area (Å²) in [5, 5.41) is 6.59. The van der Waals surface area contributed by atoms with Gasteiger partial charge in [-0.25, -0.2) is 4.99 Å². The molecule has 1 rings (SSSR count). The molecule has 0 heterocycles. The van der Waals surface area contributed by atoms with Crippen LogP contribution in [0.3, 0.4) is 0 Å². The second-order valence-electron chi connectivity index (χ2n) is 5.46. The van der Waals surface area contributed by atoms with Crippen LogP contribution in [0.2, 0.25) is 0 Å². The molecule has 124 valence electrons. The monoisotopic (exact) mass is 323 g/mol. The Kier molecular flexibility index (Phi) is 9.55. The van der Waals surface area contributed by atoms with Crippen LogP contribution >= 0.6 is 11.8 Å². The average Bonchev–Trinajstić information content (AvgIpc) is 2.51. The highest BCUT2D eigenvalue weighted by Crippen LogP contribution is 2.13. The van der Waals surface area contributed by atoms with E-state index in [4.69, 9.17) is 4.74 Å². The maximum absolute atomic E-state index is 5.69. The fraction of sp³-hybridized carbons (Fsp3) is 0.588. The predicted octanol–water partition coefficient (Wildman–Crippen LogP) is 3.14. The summed E-state index contributed by atoms with van der Waals surface area (Å²) in [4.78, 5) is 4.60. The molecule has 0 aromatic heterocycles. The maximum atomic E-state index is 5.69. The molecule has 0 amide bonds. The van der Waals surface area contributed by atoms with Crippen LogP contribution in [-0.2, 0) is 6.54 Å². The average molecular weight is 324 g/mol. The van der Waals surface area contributed by atoms with E-state index in [0.717, 1.165) is 37.2 Å². The Hall–Kier alpha value is -1.36. The lowest BCUT2D eigenvalue weighted by molar-refractivity contribution is 0.271. The lowest BCUT2D eigenvalue weighted by Gasteiger charge is -2.11. The van der Waals surface area contributed by atoms with E-state index in [1.807, 2.05) is 23.9 Å². The predicted molar refractivity (Wildman–Crippen MR) is 98.0 cm³/mol. The zero-order valence-electron chi connectivity index (χ0n) is 14.2. The van der Waals surface area contributed by atoms with E-state index in [-0.39, 0.29) is 0 Å². The Labute approximate surface area is 139 Å². The Bertz CT molecular complexity index is 432. The molecule has 1 aromatic carbocycles. The van der Waals surface area contributed by atoms with Gasteiger partial charge in [-0.2, -0.15) is 11.8 Å². The Morgan fingerprint density at radius 3 is 2.55 bits per heavy atom. The molecule has 4 nitrogen and oxygen atoms in total. The topological polar surface area (TPSA) is 45.7 Å². The van der Waals surface area contributed by atoms with Crippen molar-refractivity contribution in [3.63, 3.8) is 0 Å². The molecule has 0 saturated heterocycles. The van der Waals surface area contributed by atoms with Gasteiger partial charge in [0.1, 0.15) is 5.75 Å². The zero-order chi connectivity index (χ0) is 16.2. The normalized spacial score (nSPS) is 11.6. The summed E-state index contributed by atoms with van der Waals surface area (Å²) in [6.07, 6.45) is 2.11. The molecule has 2 N–H and O–H groups in total. The third-order valence-electron chi connectivity index (χ3n) is 2.87. The van der Waals surface area contributed by atoms with Gasteiger partial charge in [-0.15, -0.1) is 0 Å². The van der Waals surface area contributed by atoms with Gasteiger partial charge >= 0.3 is 0 Å². The summed E-state index contributed by atoms with van der Waals surface area (Å²) in [5.74, 6) is 3.41. The van der Waals surface area contributed by atoms with Crippen molar-refractivity contribution >= 4 is 17.7 Å². The van der Waals surface area contributed by atoms with Crippen LogP contribution in [-0.4, -0.2) is 37.7 Å². The molecule has 0 spiro atoms. The molecule has 0 fully saturated rings. The number of nitrogens with one attached hydrogen (secondary N) is 2. The number of hydrogen-bond acceptors (Lipinski definition) is 3. The Balaban J connectivity index is 2.50. The van der Waals surface area contributed by atoms with E-state index in [1.165, 1.54) is 5.56 Å². The molecule has 5 heteroatoms. The standard InChI is InChI=1S/C17H29N3OS/c1-5-18-17(19-10-11-22-4)20-12-15-6-8-16(9-7-15)21-13-14(2)3/h6-9,14H,5,10-13H2,1-4H3,(H2,18,19,20). The van der Waals surface area contributed by atoms with E-state index in [2.05, 4.69) is 54.8 Å². The smallest absolute Gasteiger partial charge is 0.191 e. The lowest BCUT2D eigenvalue weighted by Crippen LogP contribution is -2.38. The summed E-state index contributed by atoms with van der Waals surface area (Å²) in [6.45, 7) is 9.58. The van der Waals surface area contributed by atoms with Crippen LogP contribution in [0.1, 0.15) is 26.3 Å². The Morgan fingerprint density at radius 1 is 1.23 bits per heavy atom. The largest absolute Gasteiger partial charge is 0.493 e. The molecule has 0 unspecified atom stereocenters.